The molecule has 0 aliphatic heterocycles. The molecular weight excluding hydrogens is 414 g/mol. The van der Waals surface area contributed by atoms with Crippen molar-refractivity contribution in [2.24, 2.45) is 0 Å². The second-order valence-corrected chi connectivity index (χ2v) is 8.62. The Balaban J connectivity index is 1.66. The van der Waals surface area contributed by atoms with Gasteiger partial charge in [-0.1, -0.05) is 35.9 Å². The average molecular weight is 444 g/mol. The first-order valence-corrected chi connectivity index (χ1v) is 11.2. The van der Waals surface area contributed by atoms with Crippen LogP contribution in [0.1, 0.15) is 49.7 Å². The summed E-state index contributed by atoms with van der Waals surface area (Å²) in [7, 11) is 1.63. The smallest absolute Gasteiger partial charge is 0.303 e. The van der Waals surface area contributed by atoms with Gasteiger partial charge in [0.05, 0.1) is 12.5 Å². The number of benzene rings is 2. The van der Waals surface area contributed by atoms with Crippen molar-refractivity contribution in [3.63, 3.8) is 0 Å². The molecule has 1 saturated carbocycles. The number of aliphatic carboxylic acids is 1. The van der Waals surface area contributed by atoms with E-state index in [1.807, 2.05) is 53.4 Å². The number of halogens is 1. The fourth-order valence-electron chi connectivity index (χ4n) is 4.02. The number of ether oxygens (including phenoxy) is 1. The minimum absolute atomic E-state index is 0.133. The third kappa shape index (κ3) is 6.23. The van der Waals surface area contributed by atoms with Gasteiger partial charge in [-0.25, -0.2) is 0 Å². The van der Waals surface area contributed by atoms with Gasteiger partial charge in [-0.3, -0.25) is 9.59 Å². The van der Waals surface area contributed by atoms with E-state index in [4.69, 9.17) is 21.4 Å². The molecule has 0 saturated heterocycles. The Bertz CT molecular complexity index is 893. The van der Waals surface area contributed by atoms with Gasteiger partial charge < -0.3 is 14.7 Å². The van der Waals surface area contributed by atoms with Crippen molar-refractivity contribution >= 4 is 23.5 Å². The number of methoxy groups -OCH3 is 1. The number of amides is 1. The summed E-state index contributed by atoms with van der Waals surface area (Å²) in [5.74, 6) is 0.133. The van der Waals surface area contributed by atoms with Crippen LogP contribution < -0.4 is 4.74 Å². The summed E-state index contributed by atoms with van der Waals surface area (Å²) in [5, 5.41) is 9.62. The molecule has 1 fully saturated rings. The number of nitrogens with zero attached hydrogens (tertiary/aromatic N) is 1. The topological polar surface area (TPSA) is 66.8 Å². The first-order chi connectivity index (χ1) is 14.9. The summed E-state index contributed by atoms with van der Waals surface area (Å²) in [6, 6.07) is 15.6. The molecule has 2 aromatic carbocycles. The van der Waals surface area contributed by atoms with Gasteiger partial charge in [0.1, 0.15) is 5.75 Å². The van der Waals surface area contributed by atoms with Crippen molar-refractivity contribution < 1.29 is 19.4 Å². The number of hydrogen-bond donors (Lipinski definition) is 1. The fraction of sp³-hybridized carbons (Fsp3) is 0.440. The predicted molar refractivity (Wildman–Crippen MR) is 122 cm³/mol. The fourth-order valence-corrected chi connectivity index (χ4v) is 4.24. The lowest BCUT2D eigenvalue weighted by molar-refractivity contribution is -0.137. The van der Waals surface area contributed by atoms with E-state index in [0.717, 1.165) is 47.6 Å². The van der Waals surface area contributed by atoms with Crippen LogP contribution in [0.4, 0.5) is 0 Å². The van der Waals surface area contributed by atoms with Crippen molar-refractivity contribution in [1.29, 1.82) is 0 Å². The van der Waals surface area contributed by atoms with Gasteiger partial charge in [-0.15, -0.1) is 0 Å². The summed E-state index contributed by atoms with van der Waals surface area (Å²) >= 11 is 6.08. The van der Waals surface area contributed by atoms with Crippen molar-refractivity contribution in [1.82, 2.24) is 4.90 Å². The average Bonchev–Trinajstić information content (AvgIpc) is 3.57. The van der Waals surface area contributed by atoms with Gasteiger partial charge >= 0.3 is 5.97 Å². The Morgan fingerprint density at radius 2 is 1.77 bits per heavy atom. The molecule has 1 aliphatic carbocycles. The van der Waals surface area contributed by atoms with E-state index in [2.05, 4.69) is 0 Å². The molecule has 3 rings (SSSR count). The monoisotopic (exact) mass is 443 g/mol. The molecule has 0 heterocycles. The molecule has 0 unspecified atom stereocenters. The summed E-state index contributed by atoms with van der Waals surface area (Å²) in [5.41, 5.74) is 1.74. The second-order valence-electron chi connectivity index (χ2n) is 8.19. The molecule has 1 N–H and O–H groups in total. The first kappa shape index (κ1) is 23.1. The van der Waals surface area contributed by atoms with Crippen LogP contribution in [0.15, 0.2) is 48.5 Å². The van der Waals surface area contributed by atoms with E-state index < -0.39 is 11.4 Å². The maximum absolute atomic E-state index is 13.6. The molecule has 2 aromatic rings. The summed E-state index contributed by atoms with van der Waals surface area (Å²) in [6.45, 7) is 1.23. The molecule has 0 aromatic heterocycles. The molecule has 5 nitrogen and oxygen atoms in total. The van der Waals surface area contributed by atoms with E-state index in [0.29, 0.717) is 25.9 Å². The van der Waals surface area contributed by atoms with E-state index in [1.165, 1.54) is 0 Å². The van der Waals surface area contributed by atoms with Gasteiger partial charge in [0.15, 0.2) is 0 Å². The number of carboxylic acid groups (broad SMARTS) is 1. The lowest BCUT2D eigenvalue weighted by Gasteiger charge is -2.28. The van der Waals surface area contributed by atoms with Gasteiger partial charge in [0.2, 0.25) is 5.91 Å². The second kappa shape index (κ2) is 10.7. The summed E-state index contributed by atoms with van der Waals surface area (Å²) in [4.78, 5) is 26.3. The molecule has 0 bridgehead atoms. The van der Waals surface area contributed by atoms with Crippen molar-refractivity contribution in [3.05, 3.63) is 64.7 Å². The molecule has 6 heteroatoms. The maximum Gasteiger partial charge on any atom is 0.303 e. The molecule has 1 amide bonds. The Morgan fingerprint density at radius 3 is 2.39 bits per heavy atom. The SMILES string of the molecule is COc1ccc(C2(C(=O)N(CCCCC(=O)O)CCCc3cccc(Cl)c3)CC2)cc1. The Kier molecular flexibility index (Phi) is 7.97. The molecule has 31 heavy (non-hydrogen) atoms. The number of rotatable bonds is 12. The third-order valence-electron chi connectivity index (χ3n) is 5.94. The van der Waals surface area contributed by atoms with E-state index in [1.54, 1.807) is 7.11 Å². The largest absolute Gasteiger partial charge is 0.497 e. The molecular formula is C25H30ClNO4. The van der Waals surface area contributed by atoms with Crippen LogP contribution in [-0.2, 0) is 21.4 Å². The standard InChI is InChI=1S/C25H30ClNO4/c1-31-22-12-10-20(11-13-22)25(14-15-25)24(30)27(16-3-2-9-23(28)29)17-5-7-19-6-4-8-21(26)18-19/h4,6,8,10-13,18H,2-3,5,7,9,14-17H2,1H3,(H,28,29). The van der Waals surface area contributed by atoms with Crippen LogP contribution in [0, 0.1) is 0 Å². The minimum Gasteiger partial charge on any atom is -0.497 e. The van der Waals surface area contributed by atoms with Crippen LogP contribution in [0.2, 0.25) is 5.02 Å². The quantitative estimate of drug-likeness (QED) is 0.463. The third-order valence-corrected chi connectivity index (χ3v) is 6.18. The Hall–Kier alpha value is -2.53. The molecule has 0 spiro atoms. The van der Waals surface area contributed by atoms with E-state index >= 15 is 0 Å². The molecule has 1 aliphatic rings. The van der Waals surface area contributed by atoms with Crippen molar-refractivity contribution in [2.45, 2.75) is 50.4 Å². The highest BCUT2D eigenvalue weighted by Crippen LogP contribution is 2.50. The number of carboxylic acids is 1. The lowest BCUT2D eigenvalue weighted by atomic mass is 9.93. The number of hydrogen-bond acceptors (Lipinski definition) is 3. The van der Waals surface area contributed by atoms with Crippen LogP contribution in [0.5, 0.6) is 5.75 Å². The molecule has 0 atom stereocenters. The normalized spacial score (nSPS) is 14.1. The van der Waals surface area contributed by atoms with E-state index in [9.17, 15) is 9.59 Å². The maximum atomic E-state index is 13.6. The summed E-state index contributed by atoms with van der Waals surface area (Å²) < 4.78 is 5.25. The van der Waals surface area contributed by atoms with Crippen molar-refractivity contribution in [2.75, 3.05) is 20.2 Å². The highest BCUT2D eigenvalue weighted by Gasteiger charge is 2.52. The van der Waals surface area contributed by atoms with Gasteiger partial charge in [-0.2, -0.15) is 0 Å². The summed E-state index contributed by atoms with van der Waals surface area (Å²) in [6.07, 6.45) is 4.76. The number of carbonyl (C=O) groups is 2. The van der Waals surface area contributed by atoms with Gasteiger partial charge in [0, 0.05) is 24.5 Å². The predicted octanol–water partition coefficient (Wildman–Crippen LogP) is 5.10. The Labute approximate surface area is 189 Å². The van der Waals surface area contributed by atoms with Gasteiger partial charge in [0.25, 0.3) is 0 Å². The van der Waals surface area contributed by atoms with E-state index in [-0.39, 0.29) is 12.3 Å². The zero-order chi connectivity index (χ0) is 22.3. The Morgan fingerprint density at radius 1 is 1.06 bits per heavy atom. The van der Waals surface area contributed by atoms with Crippen LogP contribution in [0.25, 0.3) is 0 Å². The molecule has 166 valence electrons. The first-order valence-electron chi connectivity index (χ1n) is 10.8. The van der Waals surface area contributed by atoms with Crippen LogP contribution in [-0.4, -0.2) is 42.1 Å². The minimum atomic E-state index is -0.796. The molecule has 0 radical (unpaired) electrons. The number of aryl methyl sites for hydroxylation is 1. The number of carbonyl (C=O) groups excluding carboxylic acids is 1. The zero-order valence-electron chi connectivity index (χ0n) is 18.0. The van der Waals surface area contributed by atoms with Crippen LogP contribution >= 0.6 is 11.6 Å². The number of unbranched alkanes of at least 4 members (excludes halogenated alkanes) is 1. The van der Waals surface area contributed by atoms with Crippen molar-refractivity contribution in [3.8, 4) is 5.75 Å². The van der Waals surface area contributed by atoms with Crippen LogP contribution in [0.3, 0.4) is 0 Å². The highest BCUT2D eigenvalue weighted by molar-refractivity contribution is 6.30. The zero-order valence-corrected chi connectivity index (χ0v) is 18.7. The highest BCUT2D eigenvalue weighted by atomic mass is 35.5. The van der Waals surface area contributed by atoms with Gasteiger partial charge in [-0.05, 0) is 73.9 Å². The lowest BCUT2D eigenvalue weighted by Crippen LogP contribution is -2.40.